The molecule has 1 heteroatoms. The molecule has 1 aromatic heterocycles. The van der Waals surface area contributed by atoms with E-state index in [1.807, 2.05) is 18.3 Å². The minimum atomic E-state index is 1.18. The lowest BCUT2D eigenvalue weighted by atomic mass is 9.95. The van der Waals surface area contributed by atoms with E-state index in [4.69, 9.17) is 0 Å². The van der Waals surface area contributed by atoms with Crippen molar-refractivity contribution in [3.63, 3.8) is 0 Å². The summed E-state index contributed by atoms with van der Waals surface area (Å²) in [4.78, 5) is 4.11. The van der Waals surface area contributed by atoms with Gasteiger partial charge >= 0.3 is 0 Å². The lowest BCUT2D eigenvalue weighted by molar-refractivity contribution is 1.15. The molecule has 2 rings (SSSR count). The number of benzene rings is 1. The topological polar surface area (TPSA) is 12.9 Å². The smallest absolute Gasteiger partial charge is 0.0324 e. The Morgan fingerprint density at radius 1 is 0.929 bits per heavy atom. The van der Waals surface area contributed by atoms with E-state index in [0.29, 0.717) is 0 Å². The largest absolute Gasteiger partial charge is 0.264 e. The van der Waals surface area contributed by atoms with Crippen LogP contribution >= 0.6 is 0 Å². The van der Waals surface area contributed by atoms with Crippen LogP contribution < -0.4 is 0 Å². The van der Waals surface area contributed by atoms with E-state index in [9.17, 15) is 0 Å². The standard InChI is InChI=1S/C13H12N/c1-11(12-6-3-2-4-7-12)13-8-5-9-14-10-13/h2-10H,1H3. The molecule has 0 saturated heterocycles. The highest BCUT2D eigenvalue weighted by molar-refractivity contribution is 5.42. The summed E-state index contributed by atoms with van der Waals surface area (Å²) in [5.74, 6) is 1.26. The molecule has 1 heterocycles. The first-order valence-electron chi connectivity index (χ1n) is 4.67. The molecule has 14 heavy (non-hydrogen) atoms. The highest BCUT2D eigenvalue weighted by atomic mass is 14.6. The Balaban J connectivity index is 2.30. The molecule has 0 bridgehead atoms. The van der Waals surface area contributed by atoms with Crippen LogP contribution in [0.5, 0.6) is 0 Å². The Bertz CT molecular complexity index is 341. The third-order valence-electron chi connectivity index (χ3n) is 2.30. The van der Waals surface area contributed by atoms with E-state index >= 15 is 0 Å². The molecule has 1 aromatic carbocycles. The van der Waals surface area contributed by atoms with Gasteiger partial charge in [-0.15, -0.1) is 0 Å². The lowest BCUT2D eigenvalue weighted by Crippen LogP contribution is -1.96. The molecule has 1 nitrogen and oxygen atoms in total. The third kappa shape index (κ3) is 1.82. The minimum Gasteiger partial charge on any atom is -0.264 e. The van der Waals surface area contributed by atoms with Gasteiger partial charge in [-0.05, 0) is 17.2 Å². The molecular weight excluding hydrogens is 170 g/mol. The summed E-state index contributed by atoms with van der Waals surface area (Å²) in [6.07, 6.45) is 3.68. The van der Waals surface area contributed by atoms with Crippen LogP contribution in [0.25, 0.3) is 0 Å². The second-order valence-electron chi connectivity index (χ2n) is 3.23. The molecule has 69 valence electrons. The Morgan fingerprint density at radius 3 is 2.29 bits per heavy atom. The molecule has 0 amide bonds. The molecule has 0 unspecified atom stereocenters. The number of rotatable bonds is 2. The van der Waals surface area contributed by atoms with Gasteiger partial charge < -0.3 is 0 Å². The van der Waals surface area contributed by atoms with E-state index in [0.717, 1.165) is 0 Å². The number of aromatic nitrogens is 1. The monoisotopic (exact) mass is 182 g/mol. The van der Waals surface area contributed by atoms with E-state index in [-0.39, 0.29) is 0 Å². The molecule has 0 aliphatic rings. The third-order valence-corrected chi connectivity index (χ3v) is 2.30. The summed E-state index contributed by atoms with van der Waals surface area (Å²) in [7, 11) is 0. The maximum Gasteiger partial charge on any atom is 0.0324 e. The van der Waals surface area contributed by atoms with Crippen molar-refractivity contribution < 1.29 is 0 Å². The molecule has 0 N–H and O–H groups in total. The van der Waals surface area contributed by atoms with Crippen molar-refractivity contribution in [3.8, 4) is 0 Å². The fourth-order valence-electron chi connectivity index (χ4n) is 1.44. The predicted molar refractivity (Wildman–Crippen MR) is 57.8 cm³/mol. The van der Waals surface area contributed by atoms with Gasteiger partial charge in [0.05, 0.1) is 0 Å². The van der Waals surface area contributed by atoms with Gasteiger partial charge in [0.25, 0.3) is 0 Å². The van der Waals surface area contributed by atoms with Gasteiger partial charge in [-0.25, -0.2) is 0 Å². The molecule has 0 saturated carbocycles. The Morgan fingerprint density at radius 2 is 1.64 bits per heavy atom. The second kappa shape index (κ2) is 4.05. The first-order valence-corrected chi connectivity index (χ1v) is 4.67. The van der Waals surface area contributed by atoms with Crippen molar-refractivity contribution in [1.29, 1.82) is 0 Å². The van der Waals surface area contributed by atoms with Gasteiger partial charge in [-0.3, -0.25) is 4.98 Å². The van der Waals surface area contributed by atoms with Crippen molar-refractivity contribution in [3.05, 3.63) is 71.9 Å². The quantitative estimate of drug-likeness (QED) is 0.695. The van der Waals surface area contributed by atoms with Crippen molar-refractivity contribution in [2.24, 2.45) is 0 Å². The van der Waals surface area contributed by atoms with Crippen molar-refractivity contribution in [1.82, 2.24) is 4.98 Å². The van der Waals surface area contributed by atoms with Gasteiger partial charge in [-0.1, -0.05) is 43.3 Å². The molecule has 0 fully saturated rings. The van der Waals surface area contributed by atoms with Crippen LogP contribution in [0.4, 0.5) is 0 Å². The van der Waals surface area contributed by atoms with Gasteiger partial charge in [-0.2, -0.15) is 0 Å². The highest BCUT2D eigenvalue weighted by Gasteiger charge is 2.07. The van der Waals surface area contributed by atoms with Crippen LogP contribution in [0, 0.1) is 5.92 Å². The molecule has 2 aromatic rings. The van der Waals surface area contributed by atoms with Crippen LogP contribution in [0.1, 0.15) is 18.1 Å². The summed E-state index contributed by atoms with van der Waals surface area (Å²) >= 11 is 0. The molecular formula is C13H12N. The summed E-state index contributed by atoms with van der Waals surface area (Å²) in [6, 6.07) is 14.4. The van der Waals surface area contributed by atoms with Crippen LogP contribution in [0.2, 0.25) is 0 Å². The van der Waals surface area contributed by atoms with Gasteiger partial charge in [0.2, 0.25) is 0 Å². The van der Waals surface area contributed by atoms with Gasteiger partial charge in [0.1, 0.15) is 0 Å². The van der Waals surface area contributed by atoms with Crippen molar-refractivity contribution in [2.75, 3.05) is 0 Å². The average Bonchev–Trinajstić information content (AvgIpc) is 2.30. The predicted octanol–water partition coefficient (Wildman–Crippen LogP) is 3.07. The molecule has 0 aliphatic carbocycles. The van der Waals surface area contributed by atoms with E-state index in [1.165, 1.54) is 17.0 Å². The van der Waals surface area contributed by atoms with Crippen LogP contribution in [-0.4, -0.2) is 4.98 Å². The number of hydrogen-bond acceptors (Lipinski definition) is 1. The van der Waals surface area contributed by atoms with E-state index in [1.54, 1.807) is 6.20 Å². The van der Waals surface area contributed by atoms with E-state index in [2.05, 4.69) is 42.2 Å². The lowest BCUT2D eigenvalue weighted by Gasteiger charge is -2.10. The number of pyridine rings is 1. The zero-order chi connectivity index (χ0) is 9.80. The summed E-state index contributed by atoms with van der Waals surface area (Å²) < 4.78 is 0. The molecule has 0 aliphatic heterocycles. The van der Waals surface area contributed by atoms with Crippen molar-refractivity contribution >= 4 is 0 Å². The Kier molecular flexibility index (Phi) is 2.59. The maximum absolute atomic E-state index is 4.11. The minimum absolute atomic E-state index is 1.18. The van der Waals surface area contributed by atoms with Crippen LogP contribution in [-0.2, 0) is 0 Å². The van der Waals surface area contributed by atoms with Crippen LogP contribution in [0.15, 0.2) is 54.9 Å². The molecule has 1 radical (unpaired) electrons. The Hall–Kier alpha value is -1.63. The highest BCUT2D eigenvalue weighted by Crippen LogP contribution is 2.21. The second-order valence-corrected chi connectivity index (χ2v) is 3.23. The summed E-state index contributed by atoms with van der Waals surface area (Å²) in [5.41, 5.74) is 2.43. The fourth-order valence-corrected chi connectivity index (χ4v) is 1.44. The summed E-state index contributed by atoms with van der Waals surface area (Å²) in [5, 5.41) is 0. The molecule has 0 atom stereocenters. The zero-order valence-corrected chi connectivity index (χ0v) is 8.14. The average molecular weight is 182 g/mol. The zero-order valence-electron chi connectivity index (χ0n) is 8.14. The first kappa shape index (κ1) is 8.95. The number of hydrogen-bond donors (Lipinski definition) is 0. The SMILES string of the molecule is C[C](c1ccccc1)c1cccnc1. The number of nitrogens with zero attached hydrogens (tertiary/aromatic N) is 1. The Labute approximate surface area is 84.4 Å². The van der Waals surface area contributed by atoms with Crippen LogP contribution in [0.3, 0.4) is 0 Å². The first-order chi connectivity index (χ1) is 6.88. The fraction of sp³-hybridized carbons (Fsp3) is 0.0769. The van der Waals surface area contributed by atoms with Crippen molar-refractivity contribution in [2.45, 2.75) is 6.92 Å². The van der Waals surface area contributed by atoms with E-state index < -0.39 is 0 Å². The van der Waals surface area contributed by atoms with Gasteiger partial charge in [0.15, 0.2) is 0 Å². The summed E-state index contributed by atoms with van der Waals surface area (Å²) in [6.45, 7) is 2.12. The maximum atomic E-state index is 4.11. The van der Waals surface area contributed by atoms with Gasteiger partial charge in [0, 0.05) is 18.3 Å². The normalized spacial score (nSPS) is 10.4. The molecule has 0 spiro atoms.